The molecule has 2 N–H and O–H groups in total. The fourth-order valence-corrected chi connectivity index (χ4v) is 2.28. The first kappa shape index (κ1) is 21.8. The number of carbonyl (C=O) groups excluding carboxylic acids is 1. The normalized spacial score (nSPS) is 10.8. The molecule has 0 aliphatic heterocycles. The van der Waals surface area contributed by atoms with E-state index in [1.165, 1.54) is 19.3 Å². The lowest BCUT2D eigenvalue weighted by Crippen LogP contribution is -2.44. The minimum atomic E-state index is -0.303. The Morgan fingerprint density at radius 2 is 1.50 bits per heavy atom. The maximum Gasteiger partial charge on any atom is 0.407 e. The van der Waals surface area contributed by atoms with Gasteiger partial charge in [-0.05, 0) is 45.6 Å². The molecule has 4 nitrogen and oxygen atoms in total. The molecule has 5 heteroatoms. The number of hydrogen-bond acceptors (Lipinski definition) is 3. The first-order chi connectivity index (χ1) is 9.14. The maximum absolute atomic E-state index is 11.0. The minimum Gasteiger partial charge on any atom is -0.450 e. The van der Waals surface area contributed by atoms with Crippen molar-refractivity contribution in [3.63, 3.8) is 0 Å². The average Bonchev–Trinajstić information content (AvgIpc) is 2.43. The molecule has 0 aliphatic carbocycles. The van der Waals surface area contributed by atoms with Crippen LogP contribution in [0, 0.1) is 0 Å². The van der Waals surface area contributed by atoms with Crippen molar-refractivity contribution in [2.45, 2.75) is 71.8 Å². The molecule has 20 heavy (non-hydrogen) atoms. The number of halogens is 1. The third kappa shape index (κ3) is 9.43. The molecular formula is C15H33ClN2O2. The van der Waals surface area contributed by atoms with Crippen LogP contribution in [0.1, 0.15) is 66.2 Å². The lowest BCUT2D eigenvalue weighted by molar-refractivity contribution is 0.152. The fourth-order valence-electron chi connectivity index (χ4n) is 2.28. The van der Waals surface area contributed by atoms with E-state index < -0.39 is 0 Å². The van der Waals surface area contributed by atoms with Crippen molar-refractivity contribution in [2.24, 2.45) is 0 Å². The van der Waals surface area contributed by atoms with E-state index in [-0.39, 0.29) is 18.5 Å². The van der Waals surface area contributed by atoms with Gasteiger partial charge in [0.2, 0.25) is 0 Å². The largest absolute Gasteiger partial charge is 0.450 e. The molecule has 0 fully saturated rings. The molecule has 0 unspecified atom stereocenters. The summed E-state index contributed by atoms with van der Waals surface area (Å²) in [6.07, 6.45) is 6.55. The molecule has 1 amide bonds. The van der Waals surface area contributed by atoms with Crippen LogP contribution in [0.4, 0.5) is 4.79 Å². The Morgan fingerprint density at radius 3 is 2.00 bits per heavy atom. The number of ether oxygens (including phenoxy) is 1. The van der Waals surface area contributed by atoms with Crippen molar-refractivity contribution >= 4 is 18.5 Å². The third-order valence-corrected chi connectivity index (χ3v) is 3.93. The standard InChI is InChI=1S/C15H32N2O2.ClH/c1-5-15(6-2,7-3)17-13-11-9-10-12-16-14(18)19-8-4;/h17H,5-13H2,1-4H3,(H,16,18);1H. The van der Waals surface area contributed by atoms with Crippen LogP contribution >= 0.6 is 12.4 Å². The minimum absolute atomic E-state index is 0. The van der Waals surface area contributed by atoms with Crippen LogP contribution in [-0.2, 0) is 4.74 Å². The highest BCUT2D eigenvalue weighted by Gasteiger charge is 2.21. The van der Waals surface area contributed by atoms with Gasteiger partial charge in [-0.2, -0.15) is 0 Å². The zero-order valence-electron chi connectivity index (χ0n) is 13.6. The van der Waals surface area contributed by atoms with Gasteiger partial charge in [0.1, 0.15) is 0 Å². The van der Waals surface area contributed by atoms with Crippen LogP contribution in [0.3, 0.4) is 0 Å². The zero-order chi connectivity index (χ0) is 14.6. The van der Waals surface area contributed by atoms with Gasteiger partial charge < -0.3 is 15.4 Å². The molecule has 0 bridgehead atoms. The number of rotatable bonds is 11. The summed E-state index contributed by atoms with van der Waals surface area (Å²) in [6, 6.07) is 0. The highest BCUT2D eigenvalue weighted by Crippen LogP contribution is 2.19. The monoisotopic (exact) mass is 308 g/mol. The lowest BCUT2D eigenvalue weighted by Gasteiger charge is -2.32. The van der Waals surface area contributed by atoms with E-state index in [1.54, 1.807) is 0 Å². The van der Waals surface area contributed by atoms with E-state index in [1.807, 2.05) is 6.92 Å². The van der Waals surface area contributed by atoms with Crippen molar-refractivity contribution < 1.29 is 9.53 Å². The van der Waals surface area contributed by atoms with Crippen LogP contribution < -0.4 is 10.6 Å². The molecule has 0 spiro atoms. The van der Waals surface area contributed by atoms with Crippen molar-refractivity contribution in [3.8, 4) is 0 Å². The molecular weight excluding hydrogens is 276 g/mol. The highest BCUT2D eigenvalue weighted by atomic mass is 35.5. The second-order valence-electron chi connectivity index (χ2n) is 4.98. The van der Waals surface area contributed by atoms with Crippen molar-refractivity contribution in [1.29, 1.82) is 0 Å². The van der Waals surface area contributed by atoms with E-state index in [9.17, 15) is 4.79 Å². The van der Waals surface area contributed by atoms with Crippen LogP contribution in [-0.4, -0.2) is 31.3 Å². The Hall–Kier alpha value is -0.480. The summed E-state index contributed by atoms with van der Waals surface area (Å²) in [5, 5.41) is 6.43. The van der Waals surface area contributed by atoms with Gasteiger partial charge >= 0.3 is 6.09 Å². The molecule has 0 radical (unpaired) electrons. The van der Waals surface area contributed by atoms with E-state index in [0.717, 1.165) is 25.8 Å². The number of nitrogens with one attached hydrogen (secondary N) is 2. The SMILES string of the molecule is CCOC(=O)NCCCCCNC(CC)(CC)CC.Cl. The number of carbonyl (C=O) groups is 1. The molecule has 0 aromatic carbocycles. The Balaban J connectivity index is 0. The van der Waals surface area contributed by atoms with E-state index in [0.29, 0.717) is 18.7 Å². The molecule has 0 rings (SSSR count). The second kappa shape index (κ2) is 13.5. The summed E-state index contributed by atoms with van der Waals surface area (Å²) in [4.78, 5) is 11.0. The number of unbranched alkanes of at least 4 members (excludes halogenated alkanes) is 2. The van der Waals surface area contributed by atoms with Gasteiger partial charge in [0.25, 0.3) is 0 Å². The quantitative estimate of drug-likeness (QED) is 0.569. The van der Waals surface area contributed by atoms with Gasteiger partial charge in [-0.1, -0.05) is 27.2 Å². The van der Waals surface area contributed by atoms with E-state index in [2.05, 4.69) is 31.4 Å². The van der Waals surface area contributed by atoms with E-state index >= 15 is 0 Å². The summed E-state index contributed by atoms with van der Waals surface area (Å²) in [5.74, 6) is 0. The summed E-state index contributed by atoms with van der Waals surface area (Å²) in [6.45, 7) is 10.8. The van der Waals surface area contributed by atoms with Crippen LogP contribution in [0.2, 0.25) is 0 Å². The summed E-state index contributed by atoms with van der Waals surface area (Å²) in [7, 11) is 0. The van der Waals surface area contributed by atoms with Crippen LogP contribution in [0.5, 0.6) is 0 Å². The number of alkyl carbamates (subject to hydrolysis) is 1. The molecule has 0 saturated heterocycles. The Labute approximate surface area is 130 Å². The number of amides is 1. The number of hydrogen-bond donors (Lipinski definition) is 2. The predicted molar refractivity (Wildman–Crippen MR) is 87.7 cm³/mol. The van der Waals surface area contributed by atoms with E-state index in [4.69, 9.17) is 4.74 Å². The van der Waals surface area contributed by atoms with Crippen molar-refractivity contribution in [3.05, 3.63) is 0 Å². The van der Waals surface area contributed by atoms with Crippen LogP contribution in [0.15, 0.2) is 0 Å². The molecule has 0 atom stereocenters. The molecule has 0 aromatic heterocycles. The van der Waals surface area contributed by atoms with Gasteiger partial charge in [0, 0.05) is 12.1 Å². The van der Waals surface area contributed by atoms with Gasteiger partial charge in [-0.25, -0.2) is 4.79 Å². The highest BCUT2D eigenvalue weighted by molar-refractivity contribution is 5.85. The second-order valence-corrected chi connectivity index (χ2v) is 4.98. The Kier molecular flexibility index (Phi) is 14.7. The summed E-state index contributed by atoms with van der Waals surface area (Å²) < 4.78 is 4.80. The zero-order valence-corrected chi connectivity index (χ0v) is 14.4. The molecule has 122 valence electrons. The van der Waals surface area contributed by atoms with Gasteiger partial charge in [0.05, 0.1) is 6.61 Å². The lowest BCUT2D eigenvalue weighted by atomic mass is 9.90. The molecule has 0 saturated carbocycles. The van der Waals surface area contributed by atoms with Crippen LogP contribution in [0.25, 0.3) is 0 Å². The van der Waals surface area contributed by atoms with Crippen molar-refractivity contribution in [2.75, 3.05) is 19.7 Å². The Bertz CT molecular complexity index is 226. The first-order valence-electron chi connectivity index (χ1n) is 7.79. The topological polar surface area (TPSA) is 50.4 Å². The molecule has 0 heterocycles. The van der Waals surface area contributed by atoms with Gasteiger partial charge in [0.15, 0.2) is 0 Å². The average molecular weight is 309 g/mol. The van der Waals surface area contributed by atoms with Gasteiger partial charge in [-0.15, -0.1) is 12.4 Å². The first-order valence-corrected chi connectivity index (χ1v) is 7.79. The molecule has 0 aliphatic rings. The molecule has 0 aromatic rings. The predicted octanol–water partition coefficient (Wildman–Crippen LogP) is 3.88. The fraction of sp³-hybridized carbons (Fsp3) is 0.933. The smallest absolute Gasteiger partial charge is 0.407 e. The summed E-state index contributed by atoms with van der Waals surface area (Å²) >= 11 is 0. The summed E-state index contributed by atoms with van der Waals surface area (Å²) in [5.41, 5.74) is 0.323. The Morgan fingerprint density at radius 1 is 0.950 bits per heavy atom. The third-order valence-electron chi connectivity index (χ3n) is 3.93. The van der Waals surface area contributed by atoms with Crippen molar-refractivity contribution in [1.82, 2.24) is 10.6 Å². The van der Waals surface area contributed by atoms with Gasteiger partial charge in [-0.3, -0.25) is 0 Å². The maximum atomic E-state index is 11.0.